The van der Waals surface area contributed by atoms with E-state index >= 15 is 0 Å². The molecule has 2 aliphatic rings. The lowest BCUT2D eigenvalue weighted by Crippen LogP contribution is -2.35. The van der Waals surface area contributed by atoms with Gasteiger partial charge in [-0.05, 0) is 61.6 Å². The summed E-state index contributed by atoms with van der Waals surface area (Å²) in [6, 6.07) is 13.9. The molecule has 1 saturated heterocycles. The van der Waals surface area contributed by atoms with Crippen molar-refractivity contribution in [3.8, 4) is 5.75 Å². The summed E-state index contributed by atoms with van der Waals surface area (Å²) < 4.78 is 11.1. The fourth-order valence-corrected chi connectivity index (χ4v) is 4.90. The van der Waals surface area contributed by atoms with Crippen LogP contribution in [0.3, 0.4) is 0 Å². The smallest absolute Gasteiger partial charge is 0.259 e. The van der Waals surface area contributed by atoms with Gasteiger partial charge in [0.15, 0.2) is 0 Å². The first kappa shape index (κ1) is 18.4. The van der Waals surface area contributed by atoms with E-state index in [-0.39, 0.29) is 5.91 Å². The number of benzene rings is 2. The second-order valence-electron chi connectivity index (χ2n) is 7.00. The molecule has 0 unspecified atom stereocenters. The normalized spacial score (nSPS) is 19.0. The van der Waals surface area contributed by atoms with Crippen LogP contribution in [-0.2, 0) is 11.2 Å². The highest BCUT2D eigenvalue weighted by molar-refractivity contribution is 7.99. The zero-order chi connectivity index (χ0) is 18.6. The Hall–Kier alpha value is -1.98. The molecule has 27 heavy (non-hydrogen) atoms. The Balaban J connectivity index is 1.57. The predicted molar refractivity (Wildman–Crippen MR) is 109 cm³/mol. The number of rotatable bonds is 5. The van der Waals surface area contributed by atoms with Crippen LogP contribution in [0.2, 0.25) is 0 Å². The number of carbonyl (C=O) groups is 1. The number of carbonyl (C=O) groups excluding carboxylic acids is 1. The van der Waals surface area contributed by atoms with Gasteiger partial charge in [0, 0.05) is 29.5 Å². The van der Waals surface area contributed by atoms with Crippen molar-refractivity contribution in [2.75, 3.05) is 30.9 Å². The Morgan fingerprint density at radius 3 is 2.96 bits per heavy atom. The van der Waals surface area contributed by atoms with Crippen molar-refractivity contribution in [1.82, 2.24) is 0 Å². The molecular formula is C22H25NO3S. The molecule has 4 nitrogen and oxygen atoms in total. The maximum absolute atomic E-state index is 13.4. The summed E-state index contributed by atoms with van der Waals surface area (Å²) in [5.41, 5.74) is 2.97. The third kappa shape index (κ3) is 3.99. The Kier molecular flexibility index (Phi) is 5.69. The second kappa shape index (κ2) is 8.36. The van der Waals surface area contributed by atoms with Crippen LogP contribution >= 0.6 is 11.8 Å². The number of hydrogen-bond acceptors (Lipinski definition) is 4. The van der Waals surface area contributed by atoms with Gasteiger partial charge < -0.3 is 14.4 Å². The van der Waals surface area contributed by atoms with E-state index in [0.717, 1.165) is 66.5 Å². The molecule has 0 spiro atoms. The highest BCUT2D eigenvalue weighted by Crippen LogP contribution is 2.33. The number of ether oxygens (including phenoxy) is 2. The molecule has 142 valence electrons. The number of thioether (sulfide) groups is 1. The minimum absolute atomic E-state index is 0.0801. The molecule has 2 heterocycles. The van der Waals surface area contributed by atoms with Crippen molar-refractivity contribution < 1.29 is 14.3 Å². The van der Waals surface area contributed by atoms with Gasteiger partial charge in [-0.25, -0.2) is 0 Å². The van der Waals surface area contributed by atoms with Crippen molar-refractivity contribution in [1.29, 1.82) is 0 Å². The second-order valence-corrected chi connectivity index (χ2v) is 8.06. The van der Waals surface area contributed by atoms with Crippen molar-refractivity contribution in [3.05, 3.63) is 53.6 Å². The van der Waals surface area contributed by atoms with E-state index in [1.165, 1.54) is 5.56 Å². The van der Waals surface area contributed by atoms with E-state index in [9.17, 15) is 4.79 Å². The van der Waals surface area contributed by atoms with Crippen LogP contribution in [0.25, 0.3) is 0 Å². The number of methoxy groups -OCH3 is 1. The molecule has 0 radical (unpaired) electrons. The van der Waals surface area contributed by atoms with Crippen molar-refractivity contribution in [3.63, 3.8) is 0 Å². The van der Waals surface area contributed by atoms with Crippen LogP contribution in [0.1, 0.15) is 35.2 Å². The van der Waals surface area contributed by atoms with Crippen LogP contribution in [0, 0.1) is 0 Å². The molecule has 2 aromatic carbocycles. The van der Waals surface area contributed by atoms with Crippen LogP contribution < -0.4 is 9.64 Å². The van der Waals surface area contributed by atoms with Gasteiger partial charge in [-0.3, -0.25) is 4.79 Å². The van der Waals surface area contributed by atoms with Gasteiger partial charge >= 0.3 is 0 Å². The van der Waals surface area contributed by atoms with Gasteiger partial charge in [-0.2, -0.15) is 0 Å². The number of amides is 1. The lowest BCUT2D eigenvalue weighted by molar-refractivity contribution is 0.0982. The van der Waals surface area contributed by atoms with Crippen LogP contribution in [0.5, 0.6) is 5.75 Å². The highest BCUT2D eigenvalue weighted by Gasteiger charge is 2.26. The zero-order valence-electron chi connectivity index (χ0n) is 15.6. The van der Waals surface area contributed by atoms with E-state index in [1.54, 1.807) is 18.9 Å². The van der Waals surface area contributed by atoms with Gasteiger partial charge in [-0.15, -0.1) is 11.8 Å². The summed E-state index contributed by atoms with van der Waals surface area (Å²) in [7, 11) is 1.68. The molecular weight excluding hydrogens is 358 g/mol. The first-order valence-electron chi connectivity index (χ1n) is 9.58. The minimum Gasteiger partial charge on any atom is -0.497 e. The SMILES string of the molecule is COc1ccc2c(c1)CCCN2C(=O)c1ccccc1SC[C@H]1CCCO1. The molecule has 5 heteroatoms. The fraction of sp³-hybridized carbons (Fsp3) is 0.409. The molecule has 2 aliphatic heterocycles. The minimum atomic E-state index is 0.0801. The van der Waals surface area contributed by atoms with Crippen molar-refractivity contribution in [2.24, 2.45) is 0 Å². The molecule has 1 amide bonds. The fourth-order valence-electron chi connectivity index (χ4n) is 3.78. The van der Waals surface area contributed by atoms with E-state index in [2.05, 4.69) is 0 Å². The molecule has 0 bridgehead atoms. The first-order chi connectivity index (χ1) is 13.3. The third-order valence-electron chi connectivity index (χ3n) is 5.22. The Morgan fingerprint density at radius 1 is 1.26 bits per heavy atom. The number of anilines is 1. The zero-order valence-corrected chi connectivity index (χ0v) is 16.5. The van der Waals surface area contributed by atoms with E-state index in [4.69, 9.17) is 9.47 Å². The summed E-state index contributed by atoms with van der Waals surface area (Å²) in [6.07, 6.45) is 4.51. The third-order valence-corrected chi connectivity index (χ3v) is 6.42. The molecule has 0 saturated carbocycles. The molecule has 1 fully saturated rings. The van der Waals surface area contributed by atoms with Gasteiger partial charge in [0.2, 0.25) is 0 Å². The molecule has 0 N–H and O–H groups in total. The maximum Gasteiger partial charge on any atom is 0.259 e. The predicted octanol–water partition coefficient (Wildman–Crippen LogP) is 4.56. The van der Waals surface area contributed by atoms with Gasteiger partial charge in [-0.1, -0.05) is 12.1 Å². The summed E-state index contributed by atoms with van der Waals surface area (Å²) in [5.74, 6) is 1.82. The number of fused-ring (bicyclic) bond motifs is 1. The largest absolute Gasteiger partial charge is 0.497 e. The number of hydrogen-bond donors (Lipinski definition) is 0. The molecule has 4 rings (SSSR count). The van der Waals surface area contributed by atoms with Crippen molar-refractivity contribution in [2.45, 2.75) is 36.7 Å². The van der Waals surface area contributed by atoms with Gasteiger partial charge in [0.25, 0.3) is 5.91 Å². The van der Waals surface area contributed by atoms with Gasteiger partial charge in [0.05, 0.1) is 18.8 Å². The van der Waals surface area contributed by atoms with Gasteiger partial charge in [0.1, 0.15) is 5.75 Å². The van der Waals surface area contributed by atoms with Crippen LogP contribution in [-0.4, -0.2) is 38.0 Å². The average molecular weight is 384 g/mol. The standard InChI is InChI=1S/C22H25NO3S/c1-25-17-10-11-20-16(14-17)6-4-12-23(20)22(24)19-8-2-3-9-21(19)27-15-18-7-5-13-26-18/h2-3,8-11,14,18H,4-7,12-13,15H2,1H3/t18-/m1/s1. The first-order valence-corrected chi connectivity index (χ1v) is 10.6. The molecule has 2 aromatic rings. The number of aryl methyl sites for hydroxylation is 1. The Morgan fingerprint density at radius 2 is 2.15 bits per heavy atom. The van der Waals surface area contributed by atoms with E-state index < -0.39 is 0 Å². The lowest BCUT2D eigenvalue weighted by atomic mass is 10.0. The Labute approximate surface area is 164 Å². The topological polar surface area (TPSA) is 38.8 Å². The Bertz CT molecular complexity index is 817. The monoisotopic (exact) mass is 383 g/mol. The summed E-state index contributed by atoms with van der Waals surface area (Å²) in [6.45, 7) is 1.61. The molecule has 1 atom stereocenters. The van der Waals surface area contributed by atoms with Crippen LogP contribution in [0.15, 0.2) is 47.4 Å². The summed E-state index contributed by atoms with van der Waals surface area (Å²) in [5, 5.41) is 0. The lowest BCUT2D eigenvalue weighted by Gasteiger charge is -2.30. The maximum atomic E-state index is 13.4. The summed E-state index contributed by atoms with van der Waals surface area (Å²) >= 11 is 1.73. The molecule has 0 aliphatic carbocycles. The average Bonchev–Trinajstić information content (AvgIpc) is 3.24. The number of nitrogens with zero attached hydrogens (tertiary/aromatic N) is 1. The van der Waals surface area contributed by atoms with Crippen LogP contribution in [0.4, 0.5) is 5.69 Å². The molecule has 0 aromatic heterocycles. The quantitative estimate of drug-likeness (QED) is 0.710. The van der Waals surface area contributed by atoms with E-state index in [0.29, 0.717) is 6.10 Å². The highest BCUT2D eigenvalue weighted by atomic mass is 32.2. The summed E-state index contributed by atoms with van der Waals surface area (Å²) in [4.78, 5) is 16.3. The van der Waals surface area contributed by atoms with Crippen molar-refractivity contribution >= 4 is 23.4 Å². The van der Waals surface area contributed by atoms with E-state index in [1.807, 2.05) is 47.4 Å².